The van der Waals surface area contributed by atoms with Crippen LogP contribution in [0.15, 0.2) is 0 Å². The lowest BCUT2D eigenvalue weighted by molar-refractivity contribution is 0.121. The quantitative estimate of drug-likeness (QED) is 0.723. The van der Waals surface area contributed by atoms with Crippen LogP contribution in [0.1, 0.15) is 33.1 Å². The summed E-state index contributed by atoms with van der Waals surface area (Å²) in [4.78, 5) is 0. The van der Waals surface area contributed by atoms with Gasteiger partial charge in [-0.15, -0.1) is 0 Å². The van der Waals surface area contributed by atoms with E-state index < -0.39 is 0 Å². The van der Waals surface area contributed by atoms with Gasteiger partial charge in [0.1, 0.15) is 0 Å². The molecule has 1 N–H and O–H groups in total. The Kier molecular flexibility index (Phi) is 4.74. The molecule has 1 saturated heterocycles. The number of hydrogen-bond acceptors (Lipinski definition) is 2. The summed E-state index contributed by atoms with van der Waals surface area (Å²) in [6, 6.07) is 0.679. The molecule has 1 rings (SSSR count). The fraction of sp³-hybridized carbons (Fsp3) is 1.00. The molecule has 0 amide bonds. The molecule has 1 fully saturated rings. The van der Waals surface area contributed by atoms with E-state index in [2.05, 4.69) is 19.2 Å². The third-order valence-corrected chi connectivity index (χ3v) is 3.24. The van der Waals surface area contributed by atoms with Crippen LogP contribution in [0, 0.1) is 11.8 Å². The minimum Gasteiger partial charge on any atom is -0.384 e. The molecule has 0 radical (unpaired) electrons. The van der Waals surface area contributed by atoms with Crippen LogP contribution in [0.2, 0.25) is 0 Å². The first-order chi connectivity index (χ1) is 6.27. The number of nitrogens with one attached hydrogen (secondary N) is 1. The van der Waals surface area contributed by atoms with Crippen LogP contribution in [0.3, 0.4) is 0 Å². The van der Waals surface area contributed by atoms with Crippen molar-refractivity contribution in [2.45, 2.75) is 39.2 Å². The molecule has 2 nitrogen and oxygen atoms in total. The van der Waals surface area contributed by atoms with Gasteiger partial charge in [0.2, 0.25) is 0 Å². The number of ether oxygens (including phenoxy) is 1. The van der Waals surface area contributed by atoms with E-state index in [0.29, 0.717) is 12.0 Å². The molecule has 0 aliphatic carbocycles. The highest BCUT2D eigenvalue weighted by Crippen LogP contribution is 2.23. The lowest BCUT2D eigenvalue weighted by Crippen LogP contribution is -2.43. The minimum atomic E-state index is 0.652. The fourth-order valence-corrected chi connectivity index (χ4v) is 2.22. The van der Waals surface area contributed by atoms with E-state index in [1.165, 1.54) is 25.8 Å². The Labute approximate surface area is 82.0 Å². The minimum absolute atomic E-state index is 0.652. The summed E-state index contributed by atoms with van der Waals surface area (Å²) in [6.07, 6.45) is 4.02. The predicted octanol–water partition coefficient (Wildman–Crippen LogP) is 2.05. The van der Waals surface area contributed by atoms with E-state index in [1.54, 1.807) is 7.11 Å². The molecule has 0 spiro atoms. The summed E-state index contributed by atoms with van der Waals surface area (Å²) in [5.74, 6) is 1.59. The van der Waals surface area contributed by atoms with Crippen LogP contribution in [-0.4, -0.2) is 26.3 Å². The highest BCUT2D eigenvalue weighted by molar-refractivity contribution is 4.81. The van der Waals surface area contributed by atoms with Crippen molar-refractivity contribution in [1.82, 2.24) is 5.32 Å². The first-order valence-electron chi connectivity index (χ1n) is 5.50. The molecule has 3 unspecified atom stereocenters. The number of hydrogen-bond donors (Lipinski definition) is 1. The maximum atomic E-state index is 5.19. The van der Waals surface area contributed by atoms with Crippen molar-refractivity contribution >= 4 is 0 Å². The summed E-state index contributed by atoms with van der Waals surface area (Å²) in [6.45, 7) is 6.65. The van der Waals surface area contributed by atoms with E-state index in [9.17, 15) is 0 Å². The van der Waals surface area contributed by atoms with Crippen molar-refractivity contribution in [3.63, 3.8) is 0 Å². The number of methoxy groups -OCH3 is 1. The summed E-state index contributed by atoms with van der Waals surface area (Å²) in [5, 5.41) is 3.59. The zero-order chi connectivity index (χ0) is 9.68. The van der Waals surface area contributed by atoms with Gasteiger partial charge in [-0.3, -0.25) is 0 Å². The molecule has 1 aliphatic rings. The Morgan fingerprint density at radius 3 is 2.92 bits per heavy atom. The predicted molar refractivity (Wildman–Crippen MR) is 55.8 cm³/mol. The van der Waals surface area contributed by atoms with Crippen molar-refractivity contribution in [2.24, 2.45) is 11.8 Å². The molecular weight excluding hydrogens is 162 g/mol. The lowest BCUT2D eigenvalue weighted by Gasteiger charge is -2.33. The Hall–Kier alpha value is -0.0800. The molecule has 0 saturated carbocycles. The summed E-state index contributed by atoms with van der Waals surface area (Å²) >= 11 is 0. The molecule has 0 aromatic carbocycles. The van der Waals surface area contributed by atoms with E-state index in [4.69, 9.17) is 4.74 Å². The van der Waals surface area contributed by atoms with Crippen LogP contribution in [0.4, 0.5) is 0 Å². The second-order valence-corrected chi connectivity index (χ2v) is 4.29. The van der Waals surface area contributed by atoms with Gasteiger partial charge >= 0.3 is 0 Å². The monoisotopic (exact) mass is 185 g/mol. The van der Waals surface area contributed by atoms with Gasteiger partial charge in [-0.1, -0.05) is 20.3 Å². The van der Waals surface area contributed by atoms with Crippen molar-refractivity contribution in [2.75, 3.05) is 20.3 Å². The molecular formula is C11H23NO. The van der Waals surface area contributed by atoms with Crippen molar-refractivity contribution in [3.8, 4) is 0 Å². The zero-order valence-corrected chi connectivity index (χ0v) is 9.18. The Morgan fingerprint density at radius 1 is 1.54 bits per heavy atom. The topological polar surface area (TPSA) is 21.3 Å². The van der Waals surface area contributed by atoms with Gasteiger partial charge in [0, 0.05) is 13.2 Å². The van der Waals surface area contributed by atoms with Crippen LogP contribution in [0.5, 0.6) is 0 Å². The third kappa shape index (κ3) is 3.28. The second kappa shape index (κ2) is 5.61. The average Bonchev–Trinajstić information content (AvgIpc) is 2.18. The first-order valence-corrected chi connectivity index (χ1v) is 5.50. The fourth-order valence-electron chi connectivity index (χ4n) is 2.22. The highest BCUT2D eigenvalue weighted by atomic mass is 16.5. The van der Waals surface area contributed by atoms with Crippen LogP contribution >= 0.6 is 0 Å². The van der Waals surface area contributed by atoms with Gasteiger partial charge < -0.3 is 10.1 Å². The van der Waals surface area contributed by atoms with Crippen LogP contribution in [0.25, 0.3) is 0 Å². The molecule has 0 bridgehead atoms. The number of rotatable bonds is 4. The molecule has 1 heterocycles. The van der Waals surface area contributed by atoms with E-state index >= 15 is 0 Å². The van der Waals surface area contributed by atoms with Crippen LogP contribution in [-0.2, 0) is 4.74 Å². The molecule has 0 aromatic heterocycles. The summed E-state index contributed by atoms with van der Waals surface area (Å²) in [7, 11) is 1.79. The first kappa shape index (κ1) is 11.0. The molecule has 1 aliphatic heterocycles. The summed E-state index contributed by atoms with van der Waals surface area (Å²) in [5.41, 5.74) is 0. The molecule has 78 valence electrons. The number of piperidine rings is 1. The van der Waals surface area contributed by atoms with E-state index in [1.807, 2.05) is 0 Å². The Bertz CT molecular complexity index is 138. The third-order valence-electron chi connectivity index (χ3n) is 3.24. The second-order valence-electron chi connectivity index (χ2n) is 4.29. The Balaban J connectivity index is 2.32. The van der Waals surface area contributed by atoms with Gasteiger partial charge in [0.25, 0.3) is 0 Å². The molecule has 2 heteroatoms. The molecule has 3 atom stereocenters. The Morgan fingerprint density at radius 2 is 2.31 bits per heavy atom. The average molecular weight is 185 g/mol. The van der Waals surface area contributed by atoms with Gasteiger partial charge in [-0.05, 0) is 31.2 Å². The zero-order valence-electron chi connectivity index (χ0n) is 9.18. The van der Waals surface area contributed by atoms with Gasteiger partial charge in [-0.2, -0.15) is 0 Å². The smallest absolute Gasteiger partial charge is 0.0502 e. The highest BCUT2D eigenvalue weighted by Gasteiger charge is 2.24. The van der Waals surface area contributed by atoms with E-state index in [0.717, 1.165) is 12.5 Å². The van der Waals surface area contributed by atoms with Crippen molar-refractivity contribution in [3.05, 3.63) is 0 Å². The maximum absolute atomic E-state index is 5.19. The van der Waals surface area contributed by atoms with Gasteiger partial charge in [0.05, 0.1) is 6.61 Å². The SMILES string of the molecule is CCC1CCNC(C(C)COC)C1. The normalized spacial score (nSPS) is 31.6. The van der Waals surface area contributed by atoms with Crippen molar-refractivity contribution < 1.29 is 4.74 Å². The lowest BCUT2D eigenvalue weighted by atomic mass is 9.85. The van der Waals surface area contributed by atoms with Gasteiger partial charge in [-0.25, -0.2) is 0 Å². The largest absolute Gasteiger partial charge is 0.384 e. The van der Waals surface area contributed by atoms with Crippen LogP contribution < -0.4 is 5.32 Å². The standard InChI is InChI=1S/C11H23NO/c1-4-10-5-6-12-11(7-10)9(2)8-13-3/h9-12H,4-8H2,1-3H3. The van der Waals surface area contributed by atoms with Gasteiger partial charge in [0.15, 0.2) is 0 Å². The molecule has 13 heavy (non-hydrogen) atoms. The maximum Gasteiger partial charge on any atom is 0.0502 e. The van der Waals surface area contributed by atoms with E-state index in [-0.39, 0.29) is 0 Å². The van der Waals surface area contributed by atoms with Crippen molar-refractivity contribution in [1.29, 1.82) is 0 Å². The molecule has 0 aromatic rings. The summed E-state index contributed by atoms with van der Waals surface area (Å²) < 4.78 is 5.19.